The topological polar surface area (TPSA) is 43.1 Å². The number of primary amides is 1. The van der Waals surface area contributed by atoms with Gasteiger partial charge in [-0.3, -0.25) is 4.79 Å². The molecule has 3 heteroatoms. The van der Waals surface area contributed by atoms with E-state index in [1.54, 1.807) is 0 Å². The summed E-state index contributed by atoms with van der Waals surface area (Å²) in [6, 6.07) is 0. The third-order valence-electron chi connectivity index (χ3n) is 2.53. The molecular weight excluding hydrogens is 140 g/mol. The number of nitrogens with zero attached hydrogens (tertiary/aromatic N) is 1. The molecule has 0 bridgehead atoms. The molecule has 0 spiro atoms. The van der Waals surface area contributed by atoms with Crippen LogP contribution in [0.15, 0.2) is 0 Å². The largest absolute Gasteiger partial charge is 0.369 e. The van der Waals surface area contributed by atoms with E-state index in [0.29, 0.717) is 5.92 Å². The van der Waals surface area contributed by atoms with Gasteiger partial charge in [-0.05, 0) is 0 Å². The summed E-state index contributed by atoms with van der Waals surface area (Å²) in [7, 11) is 4.28. The lowest BCUT2D eigenvalue weighted by molar-refractivity contribution is -0.880. The first-order chi connectivity index (χ1) is 4.92. The Morgan fingerprint density at radius 3 is 2.18 bits per heavy atom. The third-order valence-corrected chi connectivity index (χ3v) is 2.53. The summed E-state index contributed by atoms with van der Waals surface area (Å²) in [6.07, 6.45) is 0. The molecule has 0 radical (unpaired) electrons. The van der Waals surface area contributed by atoms with Gasteiger partial charge in [-0.2, -0.15) is 0 Å². The van der Waals surface area contributed by atoms with Gasteiger partial charge in [0.1, 0.15) is 0 Å². The summed E-state index contributed by atoms with van der Waals surface area (Å²) in [5.41, 5.74) is 5.26. The second-order valence-corrected chi connectivity index (χ2v) is 4.29. The number of carbonyl (C=O) groups is 1. The Bertz CT molecular complexity index is 177. The van der Waals surface area contributed by atoms with Gasteiger partial charge in [-0.25, -0.2) is 0 Å². The number of amides is 1. The molecule has 2 unspecified atom stereocenters. The van der Waals surface area contributed by atoms with Crippen LogP contribution >= 0.6 is 0 Å². The Labute approximate surface area is 67.8 Å². The maximum Gasteiger partial charge on any atom is 0.226 e. The molecule has 1 aliphatic heterocycles. The zero-order chi connectivity index (χ0) is 8.65. The molecule has 1 rings (SSSR count). The van der Waals surface area contributed by atoms with Crippen LogP contribution in [0.3, 0.4) is 0 Å². The molecule has 1 saturated heterocycles. The van der Waals surface area contributed by atoms with Crippen molar-refractivity contribution in [1.29, 1.82) is 0 Å². The SMILES string of the molecule is CC1C[N+](C)(C)CC1C(N)=O. The van der Waals surface area contributed by atoms with Crippen molar-refractivity contribution in [2.24, 2.45) is 17.6 Å². The van der Waals surface area contributed by atoms with Crippen molar-refractivity contribution in [3.05, 3.63) is 0 Å². The van der Waals surface area contributed by atoms with Crippen molar-refractivity contribution in [1.82, 2.24) is 0 Å². The van der Waals surface area contributed by atoms with Crippen LogP contribution in [0.5, 0.6) is 0 Å². The second kappa shape index (κ2) is 2.48. The van der Waals surface area contributed by atoms with E-state index >= 15 is 0 Å². The maximum atomic E-state index is 10.9. The smallest absolute Gasteiger partial charge is 0.226 e. The van der Waals surface area contributed by atoms with Crippen molar-refractivity contribution in [3.8, 4) is 0 Å². The first kappa shape index (κ1) is 8.53. The lowest BCUT2D eigenvalue weighted by Crippen LogP contribution is -2.38. The molecule has 0 aromatic heterocycles. The Kier molecular flexibility index (Phi) is 1.92. The number of likely N-dealkylation sites (tertiary alicyclic amines) is 1. The Morgan fingerprint density at radius 1 is 1.45 bits per heavy atom. The highest BCUT2D eigenvalue weighted by molar-refractivity contribution is 5.77. The van der Waals surface area contributed by atoms with Gasteiger partial charge in [0, 0.05) is 5.92 Å². The first-order valence-corrected chi connectivity index (χ1v) is 4.04. The average molecular weight is 157 g/mol. The minimum absolute atomic E-state index is 0.0880. The summed E-state index contributed by atoms with van der Waals surface area (Å²) in [5, 5.41) is 0. The normalized spacial score (nSPS) is 35.5. The van der Waals surface area contributed by atoms with Crippen molar-refractivity contribution < 1.29 is 9.28 Å². The highest BCUT2D eigenvalue weighted by Crippen LogP contribution is 2.25. The van der Waals surface area contributed by atoms with E-state index in [4.69, 9.17) is 5.73 Å². The van der Waals surface area contributed by atoms with Gasteiger partial charge in [0.05, 0.1) is 33.1 Å². The number of hydrogen-bond donors (Lipinski definition) is 1. The molecule has 2 N–H and O–H groups in total. The number of rotatable bonds is 1. The lowest BCUT2D eigenvalue weighted by atomic mass is 9.98. The fraction of sp³-hybridized carbons (Fsp3) is 0.875. The molecule has 1 amide bonds. The van der Waals surface area contributed by atoms with Crippen LogP contribution in [0.2, 0.25) is 0 Å². The first-order valence-electron chi connectivity index (χ1n) is 4.04. The molecule has 0 aromatic carbocycles. The number of carbonyl (C=O) groups excluding carboxylic acids is 1. The second-order valence-electron chi connectivity index (χ2n) is 4.29. The van der Waals surface area contributed by atoms with Crippen LogP contribution in [0, 0.1) is 11.8 Å². The number of hydrogen-bond acceptors (Lipinski definition) is 1. The van der Waals surface area contributed by atoms with Crippen LogP contribution in [0.4, 0.5) is 0 Å². The molecule has 0 aliphatic carbocycles. The van der Waals surface area contributed by atoms with Crippen LogP contribution in [0.25, 0.3) is 0 Å². The van der Waals surface area contributed by atoms with E-state index in [-0.39, 0.29) is 11.8 Å². The van der Waals surface area contributed by atoms with Crippen molar-refractivity contribution in [3.63, 3.8) is 0 Å². The maximum absolute atomic E-state index is 10.9. The number of nitrogens with two attached hydrogens (primary N) is 1. The van der Waals surface area contributed by atoms with Gasteiger partial charge in [0.25, 0.3) is 0 Å². The van der Waals surface area contributed by atoms with E-state index in [1.807, 2.05) is 0 Å². The Morgan fingerprint density at radius 2 is 2.00 bits per heavy atom. The van der Waals surface area contributed by atoms with E-state index in [2.05, 4.69) is 21.0 Å². The van der Waals surface area contributed by atoms with Crippen molar-refractivity contribution >= 4 is 5.91 Å². The van der Waals surface area contributed by atoms with Crippen LogP contribution < -0.4 is 5.73 Å². The zero-order valence-corrected chi connectivity index (χ0v) is 7.50. The monoisotopic (exact) mass is 157 g/mol. The molecule has 0 saturated carbocycles. The highest BCUT2D eigenvalue weighted by atomic mass is 16.1. The van der Waals surface area contributed by atoms with Gasteiger partial charge < -0.3 is 10.2 Å². The zero-order valence-electron chi connectivity index (χ0n) is 7.50. The summed E-state index contributed by atoms with van der Waals surface area (Å²) in [5.74, 6) is 0.397. The molecule has 0 aromatic rings. The Hall–Kier alpha value is -0.570. The number of quaternary nitrogens is 1. The van der Waals surface area contributed by atoms with E-state index in [1.165, 1.54) is 0 Å². The minimum Gasteiger partial charge on any atom is -0.369 e. The lowest BCUT2D eigenvalue weighted by Gasteiger charge is -2.22. The van der Waals surface area contributed by atoms with Gasteiger partial charge in [-0.15, -0.1) is 0 Å². The van der Waals surface area contributed by atoms with Crippen LogP contribution in [0.1, 0.15) is 6.92 Å². The average Bonchev–Trinajstić information content (AvgIpc) is 2.05. The van der Waals surface area contributed by atoms with Crippen LogP contribution in [-0.2, 0) is 4.79 Å². The fourth-order valence-corrected chi connectivity index (χ4v) is 2.06. The molecule has 2 atom stereocenters. The summed E-state index contributed by atoms with van der Waals surface area (Å²) >= 11 is 0. The van der Waals surface area contributed by atoms with Gasteiger partial charge in [0.2, 0.25) is 5.91 Å². The Balaban J connectivity index is 2.66. The summed E-state index contributed by atoms with van der Waals surface area (Å²) in [6.45, 7) is 4.06. The van der Waals surface area contributed by atoms with Crippen molar-refractivity contribution in [2.75, 3.05) is 27.2 Å². The molecule has 1 aliphatic rings. The third kappa shape index (κ3) is 1.71. The predicted octanol–water partition coefficient (Wildman–Crippen LogP) is -0.186. The van der Waals surface area contributed by atoms with Crippen LogP contribution in [-0.4, -0.2) is 37.6 Å². The van der Waals surface area contributed by atoms with E-state index in [0.717, 1.165) is 17.6 Å². The molecular formula is C8H17N2O+. The fourth-order valence-electron chi connectivity index (χ4n) is 2.06. The predicted molar refractivity (Wildman–Crippen MR) is 43.7 cm³/mol. The van der Waals surface area contributed by atoms with E-state index in [9.17, 15) is 4.79 Å². The molecule has 64 valence electrons. The molecule has 3 nitrogen and oxygen atoms in total. The van der Waals surface area contributed by atoms with E-state index < -0.39 is 0 Å². The summed E-state index contributed by atoms with van der Waals surface area (Å²) < 4.78 is 0.925. The van der Waals surface area contributed by atoms with Gasteiger partial charge in [0.15, 0.2) is 0 Å². The molecule has 1 heterocycles. The quantitative estimate of drug-likeness (QED) is 0.527. The van der Waals surface area contributed by atoms with Gasteiger partial charge in [-0.1, -0.05) is 6.92 Å². The molecule has 11 heavy (non-hydrogen) atoms. The van der Waals surface area contributed by atoms with Gasteiger partial charge >= 0.3 is 0 Å². The van der Waals surface area contributed by atoms with Crippen molar-refractivity contribution in [2.45, 2.75) is 6.92 Å². The standard InChI is InChI=1S/C8H16N2O/c1-6-4-10(2,3)5-7(6)8(9)11/h6-7H,4-5H2,1-3H3,(H-,9,11)/p+1. The summed E-state index contributed by atoms with van der Waals surface area (Å²) in [4.78, 5) is 10.9. The molecule has 1 fully saturated rings. The highest BCUT2D eigenvalue weighted by Gasteiger charge is 2.40. The minimum atomic E-state index is -0.138.